The molecular weight excluding hydrogens is 360 g/mol. The highest BCUT2D eigenvalue weighted by atomic mass is 32.2. The molecule has 0 amide bonds. The van der Waals surface area contributed by atoms with E-state index in [2.05, 4.69) is 9.71 Å². The molecule has 9 heteroatoms. The van der Waals surface area contributed by atoms with Crippen molar-refractivity contribution in [3.8, 4) is 22.8 Å². The lowest BCUT2D eigenvalue weighted by Crippen LogP contribution is -2.15. The molecule has 0 saturated carbocycles. The van der Waals surface area contributed by atoms with E-state index in [1.807, 2.05) is 24.3 Å². The van der Waals surface area contributed by atoms with Crippen molar-refractivity contribution in [3.05, 3.63) is 36.5 Å². The van der Waals surface area contributed by atoms with Crippen molar-refractivity contribution < 1.29 is 27.5 Å². The number of pyridine rings is 1. The number of aromatic hydroxyl groups is 1. The van der Waals surface area contributed by atoms with Crippen LogP contribution in [0.4, 0.5) is 5.88 Å². The van der Waals surface area contributed by atoms with E-state index in [1.165, 1.54) is 13.1 Å². The molecular formula is C17H16N2O6S. The average Bonchev–Trinajstić information content (AvgIpc) is 2.90. The van der Waals surface area contributed by atoms with E-state index in [-0.39, 0.29) is 17.4 Å². The minimum atomic E-state index is -3.71. The van der Waals surface area contributed by atoms with Crippen LogP contribution in [0.3, 0.4) is 0 Å². The van der Waals surface area contributed by atoms with Gasteiger partial charge in [-0.1, -0.05) is 18.2 Å². The molecule has 0 aliphatic carbocycles. The summed E-state index contributed by atoms with van der Waals surface area (Å²) in [5, 5.41) is 11.2. The molecule has 0 atom stereocenters. The minimum absolute atomic E-state index is 0.0618. The molecule has 2 aromatic heterocycles. The van der Waals surface area contributed by atoms with Crippen LogP contribution in [0.2, 0.25) is 0 Å². The first-order chi connectivity index (χ1) is 12.3. The van der Waals surface area contributed by atoms with Gasteiger partial charge in [-0.25, -0.2) is 13.1 Å². The molecule has 2 N–H and O–H groups in total. The van der Waals surface area contributed by atoms with Gasteiger partial charge in [-0.05, 0) is 19.1 Å². The van der Waals surface area contributed by atoms with Crippen LogP contribution in [-0.2, 0) is 14.8 Å². The maximum atomic E-state index is 11.8. The number of nitrogens with one attached hydrogen (secondary N) is 1. The fraction of sp³-hybridized carbons (Fsp3) is 0.176. The lowest BCUT2D eigenvalue weighted by Gasteiger charge is -2.04. The Labute approximate surface area is 149 Å². The Morgan fingerprint density at radius 3 is 2.77 bits per heavy atom. The molecule has 0 radical (unpaired) electrons. The van der Waals surface area contributed by atoms with Crippen molar-refractivity contribution in [2.24, 2.45) is 0 Å². The number of fused-ring (bicyclic) bond motifs is 1. The standard InChI is InChI=1S/C17H16N2O6S/c1-3-26(22,23)19-17-16(24-10(2)20)14(21)15(25-17)12-8-11-6-4-5-7-13(11)18-9-12/h4-9,19,21H,3H2,1-2H3. The molecule has 0 saturated heterocycles. The van der Waals surface area contributed by atoms with Crippen molar-refractivity contribution in [2.45, 2.75) is 13.8 Å². The zero-order chi connectivity index (χ0) is 18.9. The normalized spacial score (nSPS) is 11.5. The lowest BCUT2D eigenvalue weighted by atomic mass is 10.1. The van der Waals surface area contributed by atoms with Crippen LogP contribution in [0, 0.1) is 0 Å². The number of anilines is 1. The number of carbonyl (C=O) groups excluding carboxylic acids is 1. The van der Waals surface area contributed by atoms with Crippen LogP contribution in [-0.4, -0.2) is 30.2 Å². The number of ether oxygens (including phenoxy) is 1. The number of nitrogens with zero attached hydrogens (tertiary/aromatic N) is 1. The van der Waals surface area contributed by atoms with Gasteiger partial charge in [0.15, 0.2) is 5.76 Å². The quantitative estimate of drug-likeness (QED) is 0.657. The van der Waals surface area contributed by atoms with Crippen molar-refractivity contribution in [2.75, 3.05) is 10.5 Å². The fourth-order valence-corrected chi connectivity index (χ4v) is 2.88. The SMILES string of the molecule is CCS(=O)(=O)Nc1oc(-c2cnc3ccccc3c2)c(O)c1OC(C)=O. The number of para-hydroxylation sites is 1. The maximum Gasteiger partial charge on any atom is 0.308 e. The summed E-state index contributed by atoms with van der Waals surface area (Å²) in [6.45, 7) is 2.56. The summed E-state index contributed by atoms with van der Waals surface area (Å²) < 4.78 is 36.2. The number of carbonyl (C=O) groups is 1. The highest BCUT2D eigenvalue weighted by molar-refractivity contribution is 7.92. The number of rotatable bonds is 5. The molecule has 2 heterocycles. The Morgan fingerprint density at radius 2 is 2.08 bits per heavy atom. The van der Waals surface area contributed by atoms with E-state index in [0.717, 1.165) is 17.8 Å². The Balaban J connectivity index is 2.14. The Bertz CT molecular complexity index is 1090. The van der Waals surface area contributed by atoms with Crippen LogP contribution in [0.15, 0.2) is 40.9 Å². The molecule has 136 valence electrons. The van der Waals surface area contributed by atoms with Gasteiger partial charge in [-0.3, -0.25) is 9.78 Å². The third kappa shape index (κ3) is 3.47. The molecule has 0 aliphatic heterocycles. The zero-order valence-corrected chi connectivity index (χ0v) is 14.8. The second-order valence-corrected chi connectivity index (χ2v) is 7.46. The molecule has 0 spiro atoms. The average molecular weight is 376 g/mol. The predicted molar refractivity (Wildman–Crippen MR) is 95.5 cm³/mol. The number of furan rings is 1. The Morgan fingerprint density at radius 1 is 1.35 bits per heavy atom. The molecule has 3 aromatic rings. The molecule has 0 bridgehead atoms. The van der Waals surface area contributed by atoms with Crippen LogP contribution >= 0.6 is 0 Å². The molecule has 3 rings (SSSR count). The van der Waals surface area contributed by atoms with Crippen molar-refractivity contribution >= 4 is 32.8 Å². The molecule has 0 fully saturated rings. The van der Waals surface area contributed by atoms with E-state index in [0.29, 0.717) is 5.56 Å². The summed E-state index contributed by atoms with van der Waals surface area (Å²) >= 11 is 0. The van der Waals surface area contributed by atoms with Crippen LogP contribution < -0.4 is 9.46 Å². The van der Waals surface area contributed by atoms with E-state index >= 15 is 0 Å². The summed E-state index contributed by atoms with van der Waals surface area (Å²) in [5.41, 5.74) is 1.14. The van der Waals surface area contributed by atoms with Gasteiger partial charge in [0.1, 0.15) is 0 Å². The summed E-state index contributed by atoms with van der Waals surface area (Å²) in [5.74, 6) is -2.28. The number of benzene rings is 1. The second-order valence-electron chi connectivity index (χ2n) is 5.45. The summed E-state index contributed by atoms with van der Waals surface area (Å²) in [6.07, 6.45) is 1.47. The number of hydrogen-bond acceptors (Lipinski definition) is 7. The zero-order valence-electron chi connectivity index (χ0n) is 14.0. The third-order valence-electron chi connectivity index (χ3n) is 3.57. The van der Waals surface area contributed by atoms with Gasteiger partial charge in [-0.2, -0.15) is 0 Å². The number of esters is 1. The van der Waals surface area contributed by atoms with E-state index in [9.17, 15) is 18.3 Å². The van der Waals surface area contributed by atoms with Crippen molar-refractivity contribution in [1.82, 2.24) is 4.98 Å². The number of sulfonamides is 1. The number of aromatic nitrogens is 1. The monoisotopic (exact) mass is 376 g/mol. The van der Waals surface area contributed by atoms with Gasteiger partial charge in [0.25, 0.3) is 5.88 Å². The van der Waals surface area contributed by atoms with E-state index < -0.39 is 27.5 Å². The van der Waals surface area contributed by atoms with Gasteiger partial charge >= 0.3 is 5.97 Å². The first kappa shape index (κ1) is 17.7. The smallest absolute Gasteiger partial charge is 0.308 e. The maximum absolute atomic E-state index is 11.8. The molecule has 0 aliphatic rings. The lowest BCUT2D eigenvalue weighted by molar-refractivity contribution is -0.131. The molecule has 26 heavy (non-hydrogen) atoms. The highest BCUT2D eigenvalue weighted by Gasteiger charge is 2.27. The van der Waals surface area contributed by atoms with Crippen LogP contribution in [0.25, 0.3) is 22.2 Å². The van der Waals surface area contributed by atoms with E-state index in [4.69, 9.17) is 9.15 Å². The molecule has 0 unspecified atom stereocenters. The van der Waals surface area contributed by atoms with Gasteiger partial charge < -0.3 is 14.3 Å². The van der Waals surface area contributed by atoms with Gasteiger partial charge in [0.2, 0.25) is 21.5 Å². The van der Waals surface area contributed by atoms with E-state index in [1.54, 1.807) is 6.07 Å². The van der Waals surface area contributed by atoms with Crippen molar-refractivity contribution in [1.29, 1.82) is 0 Å². The minimum Gasteiger partial charge on any atom is -0.502 e. The topological polar surface area (TPSA) is 119 Å². The number of hydrogen-bond donors (Lipinski definition) is 2. The Hall–Kier alpha value is -3.07. The molecule has 1 aromatic carbocycles. The van der Waals surface area contributed by atoms with Gasteiger partial charge in [0.05, 0.1) is 11.3 Å². The summed E-state index contributed by atoms with van der Waals surface area (Å²) in [4.78, 5) is 15.6. The fourth-order valence-electron chi connectivity index (χ4n) is 2.32. The van der Waals surface area contributed by atoms with Gasteiger partial charge in [0, 0.05) is 24.1 Å². The van der Waals surface area contributed by atoms with Gasteiger partial charge in [-0.15, -0.1) is 0 Å². The van der Waals surface area contributed by atoms with Crippen LogP contribution in [0.5, 0.6) is 11.5 Å². The first-order valence-corrected chi connectivity index (χ1v) is 9.35. The molecule has 8 nitrogen and oxygen atoms in total. The Kier molecular flexibility index (Phi) is 4.56. The summed E-state index contributed by atoms with van der Waals surface area (Å²) in [7, 11) is -3.71. The predicted octanol–water partition coefficient (Wildman–Crippen LogP) is 2.89. The second kappa shape index (κ2) is 6.68. The van der Waals surface area contributed by atoms with Crippen molar-refractivity contribution in [3.63, 3.8) is 0 Å². The summed E-state index contributed by atoms with van der Waals surface area (Å²) in [6, 6.07) is 9.05. The third-order valence-corrected chi connectivity index (χ3v) is 4.82. The van der Waals surface area contributed by atoms with Crippen LogP contribution in [0.1, 0.15) is 13.8 Å². The first-order valence-electron chi connectivity index (χ1n) is 7.70. The largest absolute Gasteiger partial charge is 0.502 e. The highest BCUT2D eigenvalue weighted by Crippen LogP contribution is 2.46.